The van der Waals surface area contributed by atoms with E-state index < -0.39 is 23.8 Å². The van der Waals surface area contributed by atoms with Crippen LogP contribution in [-0.2, 0) is 14.4 Å². The van der Waals surface area contributed by atoms with Gasteiger partial charge in [-0.3, -0.25) is 14.5 Å². The molecule has 9 heteroatoms. The SMILES string of the molecule is COc1ccccc1/C=C1\SC(=S)N(C(CCC(N)=O)C(=O)O)C1=O. The van der Waals surface area contributed by atoms with Crippen molar-refractivity contribution in [2.24, 2.45) is 5.73 Å². The number of thioether (sulfide) groups is 1. The molecule has 0 aliphatic carbocycles. The molecule has 7 nitrogen and oxygen atoms in total. The first-order chi connectivity index (χ1) is 11.8. The Hall–Kier alpha value is -2.39. The van der Waals surface area contributed by atoms with E-state index in [1.807, 2.05) is 0 Å². The van der Waals surface area contributed by atoms with E-state index in [1.165, 1.54) is 7.11 Å². The van der Waals surface area contributed by atoms with Crippen LogP contribution in [0.2, 0.25) is 0 Å². The Morgan fingerprint density at radius 1 is 1.44 bits per heavy atom. The van der Waals surface area contributed by atoms with Gasteiger partial charge in [-0.15, -0.1) is 0 Å². The highest BCUT2D eigenvalue weighted by atomic mass is 32.2. The summed E-state index contributed by atoms with van der Waals surface area (Å²) in [6.07, 6.45) is 1.35. The molecule has 1 aromatic rings. The smallest absolute Gasteiger partial charge is 0.326 e. The number of carbonyl (C=O) groups is 3. The van der Waals surface area contributed by atoms with Gasteiger partial charge in [0.15, 0.2) is 0 Å². The number of methoxy groups -OCH3 is 1. The molecule has 0 bridgehead atoms. The average Bonchev–Trinajstić information content (AvgIpc) is 2.82. The molecule has 0 spiro atoms. The van der Waals surface area contributed by atoms with E-state index >= 15 is 0 Å². The zero-order valence-electron chi connectivity index (χ0n) is 13.3. The minimum Gasteiger partial charge on any atom is -0.496 e. The summed E-state index contributed by atoms with van der Waals surface area (Å²) in [4.78, 5) is 36.4. The Balaban J connectivity index is 2.30. The number of aliphatic carboxylic acids is 1. The van der Waals surface area contributed by atoms with Crippen molar-refractivity contribution in [2.45, 2.75) is 18.9 Å². The Bertz CT molecular complexity index is 763. The molecule has 1 atom stereocenters. The van der Waals surface area contributed by atoms with E-state index in [-0.39, 0.29) is 17.2 Å². The lowest BCUT2D eigenvalue weighted by Crippen LogP contribution is -2.44. The van der Waals surface area contributed by atoms with Gasteiger partial charge in [-0.25, -0.2) is 4.79 Å². The monoisotopic (exact) mass is 380 g/mol. The molecule has 3 N–H and O–H groups in total. The van der Waals surface area contributed by atoms with Crippen LogP contribution in [0, 0.1) is 0 Å². The maximum absolute atomic E-state index is 12.6. The highest BCUT2D eigenvalue weighted by Gasteiger charge is 2.40. The van der Waals surface area contributed by atoms with Gasteiger partial charge in [0.2, 0.25) is 5.91 Å². The fourth-order valence-electron chi connectivity index (χ4n) is 2.32. The molecule has 1 aromatic carbocycles. The number of carbonyl (C=O) groups excluding carboxylic acids is 2. The Morgan fingerprint density at radius 3 is 2.72 bits per heavy atom. The second-order valence-corrected chi connectivity index (χ2v) is 6.83. The number of benzene rings is 1. The number of amides is 2. The second kappa shape index (κ2) is 8.13. The fourth-order valence-corrected chi connectivity index (χ4v) is 3.67. The summed E-state index contributed by atoms with van der Waals surface area (Å²) in [5.74, 6) is -1.81. The zero-order chi connectivity index (χ0) is 18.6. The number of thiocarbonyl (C=S) groups is 1. The predicted molar refractivity (Wildman–Crippen MR) is 97.9 cm³/mol. The molecule has 0 saturated carbocycles. The molecule has 1 fully saturated rings. The minimum absolute atomic E-state index is 0.0982. The zero-order valence-corrected chi connectivity index (χ0v) is 14.9. The first-order valence-electron chi connectivity index (χ1n) is 7.26. The molecular formula is C16H16N2O5S2. The lowest BCUT2D eigenvalue weighted by atomic mass is 10.1. The van der Waals surface area contributed by atoms with E-state index in [2.05, 4.69) is 0 Å². The molecule has 25 heavy (non-hydrogen) atoms. The number of rotatable bonds is 7. The van der Waals surface area contributed by atoms with Crippen LogP contribution in [-0.4, -0.2) is 45.3 Å². The number of ether oxygens (including phenoxy) is 1. The molecule has 1 aliphatic rings. The molecule has 1 heterocycles. The summed E-state index contributed by atoms with van der Waals surface area (Å²) in [5, 5.41) is 9.39. The van der Waals surface area contributed by atoms with Crippen LogP contribution in [0.25, 0.3) is 6.08 Å². The summed E-state index contributed by atoms with van der Waals surface area (Å²) in [6.45, 7) is 0. The molecule has 2 rings (SSSR count). The van der Waals surface area contributed by atoms with Crippen LogP contribution in [0.1, 0.15) is 18.4 Å². The molecule has 0 aromatic heterocycles. The fraction of sp³-hybridized carbons (Fsp3) is 0.250. The number of carboxylic acids is 1. The lowest BCUT2D eigenvalue weighted by Gasteiger charge is -2.22. The third kappa shape index (κ3) is 4.37. The normalized spacial score (nSPS) is 17.0. The molecule has 1 aliphatic heterocycles. The average molecular weight is 380 g/mol. The van der Waals surface area contributed by atoms with Gasteiger partial charge in [0.05, 0.1) is 12.0 Å². The second-order valence-electron chi connectivity index (χ2n) is 5.15. The quantitative estimate of drug-likeness (QED) is 0.546. The molecule has 1 saturated heterocycles. The van der Waals surface area contributed by atoms with Crippen LogP contribution in [0.5, 0.6) is 5.75 Å². The number of hydrogen-bond acceptors (Lipinski definition) is 6. The van der Waals surface area contributed by atoms with Gasteiger partial charge in [-0.1, -0.05) is 42.2 Å². The summed E-state index contributed by atoms with van der Waals surface area (Å²) >= 11 is 6.17. The summed E-state index contributed by atoms with van der Waals surface area (Å²) in [5.41, 5.74) is 5.75. The maximum Gasteiger partial charge on any atom is 0.326 e. The van der Waals surface area contributed by atoms with E-state index in [9.17, 15) is 19.5 Å². The molecule has 1 unspecified atom stereocenters. The molecule has 2 amide bonds. The first-order valence-corrected chi connectivity index (χ1v) is 8.48. The summed E-state index contributed by atoms with van der Waals surface area (Å²) in [6, 6.07) is 5.88. The number of primary amides is 1. The van der Waals surface area contributed by atoms with E-state index in [4.69, 9.17) is 22.7 Å². The van der Waals surface area contributed by atoms with Gasteiger partial charge in [0, 0.05) is 12.0 Å². The predicted octanol–water partition coefficient (Wildman–Crippen LogP) is 1.62. The van der Waals surface area contributed by atoms with Crippen molar-refractivity contribution in [3.63, 3.8) is 0 Å². The number of hydrogen-bond donors (Lipinski definition) is 2. The van der Waals surface area contributed by atoms with Crippen molar-refractivity contribution in [3.8, 4) is 5.75 Å². The van der Waals surface area contributed by atoms with Gasteiger partial charge in [0.25, 0.3) is 5.91 Å². The van der Waals surface area contributed by atoms with E-state index in [0.29, 0.717) is 16.2 Å². The van der Waals surface area contributed by atoms with Crippen molar-refractivity contribution in [2.75, 3.05) is 7.11 Å². The number of nitrogens with zero attached hydrogens (tertiary/aromatic N) is 1. The first kappa shape index (κ1) is 18.9. The van der Waals surface area contributed by atoms with Gasteiger partial charge in [-0.05, 0) is 18.6 Å². The minimum atomic E-state index is -1.24. The van der Waals surface area contributed by atoms with Gasteiger partial charge in [-0.2, -0.15) is 0 Å². The van der Waals surface area contributed by atoms with Crippen molar-refractivity contribution in [3.05, 3.63) is 34.7 Å². The van der Waals surface area contributed by atoms with Crippen molar-refractivity contribution in [1.82, 2.24) is 4.90 Å². The van der Waals surface area contributed by atoms with Crippen LogP contribution in [0.3, 0.4) is 0 Å². The highest BCUT2D eigenvalue weighted by molar-refractivity contribution is 8.26. The van der Waals surface area contributed by atoms with Gasteiger partial charge in [0.1, 0.15) is 16.1 Å². The topological polar surface area (TPSA) is 110 Å². The van der Waals surface area contributed by atoms with Crippen molar-refractivity contribution < 1.29 is 24.2 Å². The van der Waals surface area contributed by atoms with Crippen LogP contribution < -0.4 is 10.5 Å². The molecular weight excluding hydrogens is 364 g/mol. The standard InChI is InChI=1S/C16H16N2O5S2/c1-23-11-5-3-2-4-9(11)8-12-14(20)18(16(24)25-12)10(15(21)22)6-7-13(17)19/h2-5,8,10H,6-7H2,1H3,(H2,17,19)(H,21,22)/b12-8-. The summed E-state index contributed by atoms with van der Waals surface area (Å²) in [7, 11) is 1.52. The van der Waals surface area contributed by atoms with E-state index in [1.54, 1.807) is 30.3 Å². The van der Waals surface area contributed by atoms with Crippen LogP contribution in [0.4, 0.5) is 0 Å². The number of para-hydroxylation sites is 1. The Labute approximate surface area is 153 Å². The lowest BCUT2D eigenvalue weighted by molar-refractivity contribution is -0.145. The maximum atomic E-state index is 12.6. The third-order valence-corrected chi connectivity index (χ3v) is 4.84. The molecule has 0 radical (unpaired) electrons. The highest BCUT2D eigenvalue weighted by Crippen LogP contribution is 2.36. The molecule has 132 valence electrons. The van der Waals surface area contributed by atoms with Crippen molar-refractivity contribution >= 4 is 52.2 Å². The summed E-state index contributed by atoms with van der Waals surface area (Å²) < 4.78 is 5.37. The Morgan fingerprint density at radius 2 is 2.12 bits per heavy atom. The van der Waals surface area contributed by atoms with Gasteiger partial charge < -0.3 is 15.6 Å². The van der Waals surface area contributed by atoms with Crippen LogP contribution in [0.15, 0.2) is 29.2 Å². The number of carboxylic acid groups (broad SMARTS) is 1. The van der Waals surface area contributed by atoms with Gasteiger partial charge >= 0.3 is 5.97 Å². The number of nitrogens with two attached hydrogens (primary N) is 1. The largest absolute Gasteiger partial charge is 0.496 e. The third-order valence-electron chi connectivity index (χ3n) is 3.51. The van der Waals surface area contributed by atoms with Crippen LogP contribution >= 0.6 is 24.0 Å². The van der Waals surface area contributed by atoms with E-state index in [0.717, 1.165) is 16.7 Å². The van der Waals surface area contributed by atoms with Crippen molar-refractivity contribution in [1.29, 1.82) is 0 Å². The Kier molecular flexibility index (Phi) is 6.16.